The molecule has 6 aromatic rings. The molecular weight excluding hydrogens is 394 g/mol. The van der Waals surface area contributed by atoms with Crippen molar-refractivity contribution < 1.29 is 8.83 Å². The fraction of sp³-hybridized carbons (Fsp3) is 0.207. The quantitative estimate of drug-likeness (QED) is 0.283. The van der Waals surface area contributed by atoms with E-state index < -0.39 is 0 Å². The van der Waals surface area contributed by atoms with Gasteiger partial charge in [-0.05, 0) is 60.2 Å². The molecule has 3 aromatic heterocycles. The summed E-state index contributed by atoms with van der Waals surface area (Å²) < 4.78 is 12.7. The van der Waals surface area contributed by atoms with Gasteiger partial charge in [-0.15, -0.1) is 0 Å². The zero-order valence-electron chi connectivity index (χ0n) is 18.8. The number of furan rings is 2. The van der Waals surface area contributed by atoms with Gasteiger partial charge in [-0.1, -0.05) is 51.1 Å². The van der Waals surface area contributed by atoms with Crippen molar-refractivity contribution in [3.8, 4) is 11.3 Å². The minimum atomic E-state index is 0.210. The van der Waals surface area contributed by atoms with E-state index in [0.29, 0.717) is 0 Å². The Morgan fingerprint density at radius 1 is 0.750 bits per heavy atom. The maximum Gasteiger partial charge on any atom is 0.178 e. The number of aryl methyl sites for hydroxylation is 1. The van der Waals surface area contributed by atoms with E-state index in [1.165, 1.54) is 11.1 Å². The molecule has 0 unspecified atom stereocenters. The Morgan fingerprint density at radius 3 is 2.25 bits per heavy atom. The predicted molar refractivity (Wildman–Crippen MR) is 132 cm³/mol. The highest BCUT2D eigenvalue weighted by atomic mass is 16.4. The highest BCUT2D eigenvalue weighted by molar-refractivity contribution is 6.20. The van der Waals surface area contributed by atoms with Gasteiger partial charge < -0.3 is 8.83 Å². The molecule has 3 nitrogen and oxygen atoms in total. The second-order valence-corrected chi connectivity index (χ2v) is 9.93. The van der Waals surface area contributed by atoms with E-state index in [2.05, 4.69) is 70.2 Å². The van der Waals surface area contributed by atoms with Gasteiger partial charge in [0.1, 0.15) is 11.2 Å². The number of rotatable bonds is 2. The monoisotopic (exact) mass is 419 g/mol. The van der Waals surface area contributed by atoms with Crippen LogP contribution in [0.25, 0.3) is 55.1 Å². The molecule has 0 N–H and O–H groups in total. The predicted octanol–water partition coefficient (Wildman–Crippen LogP) is 8.44. The Balaban J connectivity index is 1.61. The van der Waals surface area contributed by atoms with Crippen LogP contribution in [0.15, 0.2) is 75.7 Å². The van der Waals surface area contributed by atoms with Crippen LogP contribution < -0.4 is 0 Å². The van der Waals surface area contributed by atoms with Crippen molar-refractivity contribution in [2.24, 2.45) is 5.41 Å². The van der Waals surface area contributed by atoms with Gasteiger partial charge in [-0.3, -0.25) is 4.98 Å². The molecule has 0 aliphatic carbocycles. The van der Waals surface area contributed by atoms with Crippen LogP contribution in [-0.4, -0.2) is 4.98 Å². The average molecular weight is 420 g/mol. The molecule has 3 heterocycles. The first-order chi connectivity index (χ1) is 15.4. The smallest absolute Gasteiger partial charge is 0.178 e. The molecule has 32 heavy (non-hydrogen) atoms. The first-order valence-corrected chi connectivity index (χ1v) is 11.1. The Bertz CT molecular complexity index is 1640. The largest absolute Gasteiger partial charge is 0.452 e. The number of aromatic nitrogens is 1. The van der Waals surface area contributed by atoms with Gasteiger partial charge in [-0.2, -0.15) is 0 Å². The van der Waals surface area contributed by atoms with Crippen LogP contribution in [0.1, 0.15) is 31.9 Å². The van der Waals surface area contributed by atoms with Crippen molar-refractivity contribution in [2.75, 3.05) is 0 Å². The summed E-state index contributed by atoms with van der Waals surface area (Å²) in [6.45, 7) is 8.94. The van der Waals surface area contributed by atoms with Crippen LogP contribution >= 0.6 is 0 Å². The number of benzene rings is 3. The van der Waals surface area contributed by atoms with Crippen molar-refractivity contribution in [3.63, 3.8) is 0 Å². The van der Waals surface area contributed by atoms with E-state index in [1.807, 2.05) is 24.4 Å². The molecule has 3 aromatic carbocycles. The van der Waals surface area contributed by atoms with Gasteiger partial charge >= 0.3 is 0 Å². The average Bonchev–Trinajstić information content (AvgIpc) is 3.32. The van der Waals surface area contributed by atoms with Gasteiger partial charge in [-0.25, -0.2) is 0 Å². The number of para-hydroxylation sites is 2. The fourth-order valence-corrected chi connectivity index (χ4v) is 4.71. The van der Waals surface area contributed by atoms with Gasteiger partial charge in [0.25, 0.3) is 0 Å². The fourth-order valence-electron chi connectivity index (χ4n) is 4.71. The van der Waals surface area contributed by atoms with E-state index in [1.54, 1.807) is 0 Å². The van der Waals surface area contributed by atoms with E-state index in [-0.39, 0.29) is 5.41 Å². The van der Waals surface area contributed by atoms with Gasteiger partial charge in [0.05, 0.1) is 5.69 Å². The molecule has 0 bridgehead atoms. The Morgan fingerprint density at radius 2 is 1.44 bits per heavy atom. The second-order valence-electron chi connectivity index (χ2n) is 9.93. The lowest BCUT2D eigenvalue weighted by atomic mass is 9.86. The van der Waals surface area contributed by atoms with Crippen LogP contribution in [-0.2, 0) is 6.42 Å². The lowest BCUT2D eigenvalue weighted by Crippen LogP contribution is -2.10. The number of hydrogen-bond donors (Lipinski definition) is 0. The Kier molecular flexibility index (Phi) is 4.00. The Labute approximate surface area is 186 Å². The van der Waals surface area contributed by atoms with Crippen LogP contribution in [0.5, 0.6) is 0 Å². The molecule has 0 spiro atoms. The summed E-state index contributed by atoms with van der Waals surface area (Å²) in [5.74, 6) is 0. The molecular formula is C29H25NO2. The SMILES string of the molecule is Cc1cnc(-c2cccc3c2oc2c3ccc3c4ccccc4oc32)cc1CC(C)(C)C. The molecule has 0 saturated carbocycles. The van der Waals surface area contributed by atoms with Crippen molar-refractivity contribution >= 4 is 43.9 Å². The summed E-state index contributed by atoms with van der Waals surface area (Å²) >= 11 is 0. The zero-order chi connectivity index (χ0) is 22.0. The number of pyridine rings is 1. The second kappa shape index (κ2) is 6.70. The van der Waals surface area contributed by atoms with Crippen LogP contribution in [0.3, 0.4) is 0 Å². The molecule has 158 valence electrons. The summed E-state index contributed by atoms with van der Waals surface area (Å²) in [6.07, 6.45) is 2.99. The molecule has 0 atom stereocenters. The van der Waals surface area contributed by atoms with Crippen molar-refractivity contribution in [1.82, 2.24) is 4.98 Å². The highest BCUT2D eigenvalue weighted by Gasteiger charge is 2.19. The Hall–Kier alpha value is -3.59. The zero-order valence-corrected chi connectivity index (χ0v) is 18.8. The lowest BCUT2D eigenvalue weighted by Gasteiger charge is -2.20. The van der Waals surface area contributed by atoms with E-state index >= 15 is 0 Å². The number of hydrogen-bond acceptors (Lipinski definition) is 3. The summed E-state index contributed by atoms with van der Waals surface area (Å²) in [4.78, 5) is 4.77. The normalized spacial score (nSPS) is 12.5. The number of nitrogens with zero attached hydrogens (tertiary/aromatic N) is 1. The van der Waals surface area contributed by atoms with E-state index in [9.17, 15) is 0 Å². The third-order valence-electron chi connectivity index (χ3n) is 6.22. The lowest BCUT2D eigenvalue weighted by molar-refractivity contribution is 0.410. The van der Waals surface area contributed by atoms with Crippen molar-refractivity contribution in [2.45, 2.75) is 34.1 Å². The van der Waals surface area contributed by atoms with Gasteiger partial charge in [0.15, 0.2) is 11.2 Å². The van der Waals surface area contributed by atoms with Crippen LogP contribution in [0.2, 0.25) is 0 Å². The minimum Gasteiger partial charge on any atom is -0.452 e. The molecule has 0 fully saturated rings. The maximum absolute atomic E-state index is 6.52. The van der Waals surface area contributed by atoms with E-state index in [0.717, 1.165) is 61.6 Å². The summed E-state index contributed by atoms with van der Waals surface area (Å²) in [5.41, 5.74) is 8.05. The molecule has 0 aliphatic rings. The summed E-state index contributed by atoms with van der Waals surface area (Å²) in [6, 6.07) is 20.9. The summed E-state index contributed by atoms with van der Waals surface area (Å²) in [7, 11) is 0. The molecule has 0 aliphatic heterocycles. The van der Waals surface area contributed by atoms with E-state index in [4.69, 9.17) is 13.8 Å². The van der Waals surface area contributed by atoms with Crippen molar-refractivity contribution in [3.05, 3.63) is 78.0 Å². The van der Waals surface area contributed by atoms with Crippen molar-refractivity contribution in [1.29, 1.82) is 0 Å². The van der Waals surface area contributed by atoms with Crippen LogP contribution in [0, 0.1) is 12.3 Å². The number of fused-ring (bicyclic) bond motifs is 7. The molecule has 0 saturated heterocycles. The molecule has 3 heteroatoms. The molecule has 6 rings (SSSR count). The van der Waals surface area contributed by atoms with Crippen LogP contribution in [0.4, 0.5) is 0 Å². The third kappa shape index (κ3) is 2.92. The summed E-state index contributed by atoms with van der Waals surface area (Å²) in [5, 5.41) is 4.33. The maximum atomic E-state index is 6.52. The topological polar surface area (TPSA) is 39.2 Å². The first-order valence-electron chi connectivity index (χ1n) is 11.1. The molecule has 0 radical (unpaired) electrons. The van der Waals surface area contributed by atoms with Gasteiger partial charge in [0, 0.05) is 33.3 Å². The third-order valence-corrected chi connectivity index (χ3v) is 6.22. The highest BCUT2D eigenvalue weighted by Crippen LogP contribution is 2.41. The molecule has 0 amide bonds. The standard InChI is InChI=1S/C29H25NO2/c1-17-16-30-24(14-18(17)15-29(2,3)4)23-10-7-9-20-22-13-12-21-19-8-5-6-11-25(19)31-27(21)28(22)32-26(20)23/h5-14,16H,15H2,1-4H3. The first kappa shape index (κ1) is 19.1. The van der Waals surface area contributed by atoms with Gasteiger partial charge in [0.2, 0.25) is 0 Å². The minimum absolute atomic E-state index is 0.210.